The topological polar surface area (TPSA) is 35.5 Å². The van der Waals surface area contributed by atoms with Crippen molar-refractivity contribution in [1.29, 1.82) is 0 Å². The molecule has 264 valence electrons. The highest BCUT2D eigenvalue weighted by atomic mass is 16.5. The fourth-order valence-corrected chi connectivity index (χ4v) is 7.42. The lowest BCUT2D eigenvalue weighted by Gasteiger charge is -2.36. The third kappa shape index (κ3) is 12.3. The lowest BCUT2D eigenvalue weighted by Crippen LogP contribution is -2.26. The van der Waals surface area contributed by atoms with E-state index in [1.54, 1.807) is 0 Å². The molecule has 2 aromatic carbocycles. The molecule has 2 aromatic rings. The Hall–Kier alpha value is -2.29. The van der Waals surface area contributed by atoms with Crippen LogP contribution >= 0.6 is 0 Å². The Morgan fingerprint density at radius 2 is 1.23 bits per heavy atom. The van der Waals surface area contributed by atoms with Gasteiger partial charge in [-0.3, -0.25) is 0 Å². The SMILES string of the molecule is CCC1(C)CCCCCCCCCCCCCCCCC(C)(CC)c2cc(C(C)(C)C)cc(c2OCc2ccc(C(=O)OC)cc2)C1. The van der Waals surface area contributed by atoms with Crippen LogP contribution in [0.2, 0.25) is 0 Å². The lowest BCUT2D eigenvalue weighted by molar-refractivity contribution is 0.0600. The van der Waals surface area contributed by atoms with Crippen LogP contribution in [0.25, 0.3) is 0 Å². The van der Waals surface area contributed by atoms with Crippen LogP contribution in [0.15, 0.2) is 36.4 Å². The first-order valence-corrected chi connectivity index (χ1v) is 19.4. The normalized spacial score (nSPS) is 23.2. The van der Waals surface area contributed by atoms with Gasteiger partial charge in [0.2, 0.25) is 0 Å². The van der Waals surface area contributed by atoms with Gasteiger partial charge in [0.05, 0.1) is 12.7 Å². The highest BCUT2D eigenvalue weighted by Crippen LogP contribution is 2.46. The van der Waals surface area contributed by atoms with Gasteiger partial charge >= 0.3 is 5.97 Å². The predicted molar refractivity (Wildman–Crippen MR) is 201 cm³/mol. The lowest BCUT2D eigenvalue weighted by atomic mass is 9.70. The second-order valence-corrected chi connectivity index (χ2v) is 16.4. The van der Waals surface area contributed by atoms with Gasteiger partial charge < -0.3 is 9.47 Å². The minimum Gasteiger partial charge on any atom is -0.488 e. The second kappa shape index (κ2) is 19.0. The molecule has 3 rings (SSSR count). The molecular formula is C44H70O3. The first-order chi connectivity index (χ1) is 22.4. The van der Waals surface area contributed by atoms with E-state index in [0.29, 0.717) is 12.2 Å². The number of benzene rings is 2. The van der Waals surface area contributed by atoms with Gasteiger partial charge in [0.1, 0.15) is 12.4 Å². The highest BCUT2D eigenvalue weighted by Gasteiger charge is 2.33. The van der Waals surface area contributed by atoms with Gasteiger partial charge in [0.15, 0.2) is 0 Å². The fourth-order valence-electron chi connectivity index (χ4n) is 7.42. The molecule has 0 heterocycles. The summed E-state index contributed by atoms with van der Waals surface area (Å²) < 4.78 is 11.9. The van der Waals surface area contributed by atoms with E-state index < -0.39 is 0 Å². The van der Waals surface area contributed by atoms with Gasteiger partial charge in [-0.05, 0) is 70.8 Å². The molecule has 0 aromatic heterocycles. The average Bonchev–Trinajstić information content (AvgIpc) is 3.06. The molecule has 2 atom stereocenters. The molecule has 2 unspecified atom stereocenters. The summed E-state index contributed by atoms with van der Waals surface area (Å²) in [5.74, 6) is 0.807. The quantitative estimate of drug-likeness (QED) is 0.293. The summed E-state index contributed by atoms with van der Waals surface area (Å²) in [5, 5.41) is 0. The summed E-state index contributed by atoms with van der Waals surface area (Å²) in [6, 6.07) is 12.7. The van der Waals surface area contributed by atoms with Crippen LogP contribution in [0.5, 0.6) is 5.75 Å². The number of hydrogen-bond acceptors (Lipinski definition) is 3. The Labute approximate surface area is 290 Å². The number of methoxy groups -OCH3 is 1. The zero-order valence-electron chi connectivity index (χ0n) is 31.8. The van der Waals surface area contributed by atoms with Crippen molar-refractivity contribution >= 4 is 5.97 Å². The number of ether oxygens (including phenoxy) is 2. The molecule has 1 aliphatic rings. The van der Waals surface area contributed by atoms with Gasteiger partial charge in [-0.15, -0.1) is 0 Å². The zero-order chi connectivity index (χ0) is 34.3. The molecule has 0 saturated heterocycles. The Morgan fingerprint density at radius 3 is 1.70 bits per heavy atom. The fraction of sp³-hybridized carbons (Fsp3) is 0.705. The van der Waals surface area contributed by atoms with E-state index in [0.717, 1.165) is 24.2 Å². The molecule has 3 heteroatoms. The van der Waals surface area contributed by atoms with Gasteiger partial charge in [0.25, 0.3) is 0 Å². The van der Waals surface area contributed by atoms with Crippen LogP contribution in [-0.4, -0.2) is 13.1 Å². The van der Waals surface area contributed by atoms with Gasteiger partial charge in [-0.2, -0.15) is 0 Å². The Balaban J connectivity index is 2.04. The van der Waals surface area contributed by atoms with Crippen molar-refractivity contribution < 1.29 is 14.3 Å². The molecule has 0 amide bonds. The van der Waals surface area contributed by atoms with E-state index in [1.165, 1.54) is 133 Å². The van der Waals surface area contributed by atoms with Crippen molar-refractivity contribution in [2.24, 2.45) is 5.41 Å². The van der Waals surface area contributed by atoms with Crippen LogP contribution in [-0.2, 0) is 28.6 Å². The summed E-state index contributed by atoms with van der Waals surface area (Å²) >= 11 is 0. The van der Waals surface area contributed by atoms with Crippen LogP contribution in [0.1, 0.15) is 197 Å². The molecule has 1 aliphatic carbocycles. The predicted octanol–water partition coefficient (Wildman–Crippen LogP) is 13.2. The maximum absolute atomic E-state index is 12.1. The summed E-state index contributed by atoms with van der Waals surface area (Å²) in [4.78, 5) is 12.1. The second-order valence-electron chi connectivity index (χ2n) is 16.4. The number of esters is 1. The van der Waals surface area contributed by atoms with Crippen molar-refractivity contribution in [1.82, 2.24) is 0 Å². The maximum atomic E-state index is 12.1. The Bertz CT molecular complexity index is 1210. The van der Waals surface area contributed by atoms with Crippen molar-refractivity contribution in [2.75, 3.05) is 7.11 Å². The molecular weight excluding hydrogens is 576 g/mol. The summed E-state index contributed by atoms with van der Waals surface area (Å²) in [6.45, 7) is 17.3. The van der Waals surface area contributed by atoms with E-state index in [2.05, 4.69) is 60.6 Å². The largest absolute Gasteiger partial charge is 0.488 e. The summed E-state index contributed by atoms with van der Waals surface area (Å²) in [7, 11) is 1.43. The third-order valence-electron chi connectivity index (χ3n) is 11.5. The molecule has 0 radical (unpaired) electrons. The van der Waals surface area contributed by atoms with Crippen LogP contribution in [0.3, 0.4) is 0 Å². The number of rotatable bonds is 6. The monoisotopic (exact) mass is 647 g/mol. The standard InChI is InChI=1S/C44H70O3/c1-9-43(6)29-23-21-19-17-15-13-11-12-14-16-18-20-22-24-30-44(7,10-2)39-32-38(42(3,4)5)31-37(33-43)40(39)47-34-35-25-27-36(28-26-35)41(45)46-8/h25-28,31-32H,9-24,29-30,33-34H2,1-8H3. The van der Waals surface area contributed by atoms with E-state index in [4.69, 9.17) is 9.47 Å². The van der Waals surface area contributed by atoms with Crippen molar-refractivity contribution in [3.05, 3.63) is 64.2 Å². The smallest absolute Gasteiger partial charge is 0.337 e. The summed E-state index contributed by atoms with van der Waals surface area (Å²) in [6.07, 6.45) is 25.0. The number of fused-ring (bicyclic) bond motifs is 2. The van der Waals surface area contributed by atoms with E-state index in [1.807, 2.05) is 24.3 Å². The van der Waals surface area contributed by atoms with Crippen molar-refractivity contribution in [2.45, 2.75) is 188 Å². The first kappa shape index (κ1) is 39.2. The van der Waals surface area contributed by atoms with Gasteiger partial charge in [-0.25, -0.2) is 4.79 Å². The molecule has 3 nitrogen and oxygen atoms in total. The van der Waals surface area contributed by atoms with E-state index in [-0.39, 0.29) is 22.2 Å². The molecule has 0 N–H and O–H groups in total. The first-order valence-electron chi connectivity index (χ1n) is 19.4. The Kier molecular flexibility index (Phi) is 15.9. The van der Waals surface area contributed by atoms with Crippen LogP contribution in [0.4, 0.5) is 0 Å². The van der Waals surface area contributed by atoms with Crippen molar-refractivity contribution in [3.8, 4) is 5.75 Å². The minimum atomic E-state index is -0.305. The number of carbonyl (C=O) groups is 1. The van der Waals surface area contributed by atoms with Crippen LogP contribution in [0, 0.1) is 5.41 Å². The van der Waals surface area contributed by atoms with Crippen molar-refractivity contribution in [3.63, 3.8) is 0 Å². The molecule has 0 spiro atoms. The van der Waals surface area contributed by atoms with E-state index in [9.17, 15) is 4.79 Å². The minimum absolute atomic E-state index is 0.0414. The molecule has 0 aliphatic heterocycles. The molecule has 0 saturated carbocycles. The molecule has 0 fully saturated rings. The average molecular weight is 647 g/mol. The maximum Gasteiger partial charge on any atom is 0.337 e. The van der Waals surface area contributed by atoms with E-state index >= 15 is 0 Å². The molecule has 47 heavy (non-hydrogen) atoms. The highest BCUT2D eigenvalue weighted by molar-refractivity contribution is 5.89. The number of hydrogen-bond donors (Lipinski definition) is 0. The Morgan fingerprint density at radius 1 is 0.723 bits per heavy atom. The van der Waals surface area contributed by atoms with Crippen LogP contribution < -0.4 is 4.74 Å². The number of carbonyl (C=O) groups excluding carboxylic acids is 1. The summed E-state index contributed by atoms with van der Waals surface area (Å²) in [5.41, 5.74) is 6.16. The third-order valence-corrected chi connectivity index (χ3v) is 11.5. The van der Waals surface area contributed by atoms with Gasteiger partial charge in [-0.1, -0.05) is 169 Å². The van der Waals surface area contributed by atoms with Gasteiger partial charge in [0, 0.05) is 5.56 Å². The molecule has 2 bridgehead atoms. The zero-order valence-corrected chi connectivity index (χ0v) is 31.8.